The van der Waals surface area contributed by atoms with Gasteiger partial charge in [0.25, 0.3) is 0 Å². The summed E-state index contributed by atoms with van der Waals surface area (Å²) in [6.07, 6.45) is 5.35. The summed E-state index contributed by atoms with van der Waals surface area (Å²) in [6.45, 7) is 4.72. The van der Waals surface area contributed by atoms with Crippen molar-refractivity contribution in [1.82, 2.24) is 29.9 Å². The van der Waals surface area contributed by atoms with Crippen LogP contribution in [0.15, 0.2) is 65.4 Å². The molecular weight excluding hydrogens is 456 g/mol. The molecule has 0 unspecified atom stereocenters. The monoisotopic (exact) mass is 486 g/mol. The molecule has 4 aromatic rings. The highest BCUT2D eigenvalue weighted by molar-refractivity contribution is 5.78. The fraction of sp³-hybridized carbons (Fsp3) is 0.333. The van der Waals surface area contributed by atoms with E-state index in [0.717, 1.165) is 54.3 Å². The van der Waals surface area contributed by atoms with Crippen molar-refractivity contribution in [3.63, 3.8) is 0 Å². The van der Waals surface area contributed by atoms with Crippen LogP contribution in [0.1, 0.15) is 30.1 Å². The van der Waals surface area contributed by atoms with E-state index in [1.165, 1.54) is 0 Å². The number of rotatable bonds is 8. The molecule has 9 nitrogen and oxygen atoms in total. The lowest BCUT2D eigenvalue weighted by atomic mass is 9.96. The van der Waals surface area contributed by atoms with Crippen LogP contribution in [0.2, 0.25) is 0 Å². The summed E-state index contributed by atoms with van der Waals surface area (Å²) < 4.78 is 12.7. The maximum absolute atomic E-state index is 12.7. The Bertz CT molecular complexity index is 1290. The van der Waals surface area contributed by atoms with Crippen molar-refractivity contribution in [2.24, 2.45) is 5.92 Å². The molecule has 1 N–H and O–H groups in total. The number of amides is 1. The van der Waals surface area contributed by atoms with Crippen molar-refractivity contribution >= 4 is 5.91 Å². The van der Waals surface area contributed by atoms with E-state index >= 15 is 0 Å². The number of carbonyl (C=O) groups excluding carboxylic acids is 1. The van der Waals surface area contributed by atoms with Gasteiger partial charge in [0.05, 0.1) is 13.7 Å². The second kappa shape index (κ2) is 10.7. The van der Waals surface area contributed by atoms with Gasteiger partial charge in [0.2, 0.25) is 17.6 Å². The number of likely N-dealkylation sites (tertiary alicyclic amines) is 1. The maximum Gasteiger partial charge on any atom is 0.241 e. The Kier molecular flexibility index (Phi) is 7.08. The van der Waals surface area contributed by atoms with Crippen LogP contribution in [0.3, 0.4) is 0 Å². The second-order valence-electron chi connectivity index (χ2n) is 9.02. The van der Waals surface area contributed by atoms with Crippen molar-refractivity contribution in [1.29, 1.82) is 0 Å². The molecule has 0 saturated carbocycles. The van der Waals surface area contributed by atoms with Gasteiger partial charge in [-0.15, -0.1) is 0 Å². The number of hydrogen-bond donors (Lipinski definition) is 1. The van der Waals surface area contributed by atoms with Gasteiger partial charge in [-0.05, 0) is 74.8 Å². The standard InChI is InChI=1S/C27H30N6O3/c1-19-28-13-16-33(19)23-7-3-20(4-8-23)17-29-27(34)22-11-14-32(15-12-22)18-25-30-26(31-36-25)21-5-9-24(35-2)10-6-21/h3-10,13,16,22H,11-12,14-15,17-18H2,1-2H3,(H,29,34). The van der Waals surface area contributed by atoms with E-state index in [2.05, 4.69) is 25.3 Å². The smallest absolute Gasteiger partial charge is 0.241 e. The van der Waals surface area contributed by atoms with Gasteiger partial charge in [-0.3, -0.25) is 9.69 Å². The largest absolute Gasteiger partial charge is 0.497 e. The minimum atomic E-state index is 0.0201. The molecule has 2 aromatic carbocycles. The molecule has 1 amide bonds. The predicted molar refractivity (Wildman–Crippen MR) is 134 cm³/mol. The minimum Gasteiger partial charge on any atom is -0.497 e. The topological polar surface area (TPSA) is 98.3 Å². The van der Waals surface area contributed by atoms with Crippen molar-refractivity contribution in [2.45, 2.75) is 32.9 Å². The number of ether oxygens (including phenoxy) is 1. The summed E-state index contributed by atoms with van der Waals surface area (Å²) in [5.41, 5.74) is 3.02. The lowest BCUT2D eigenvalue weighted by Gasteiger charge is -2.30. The zero-order valence-electron chi connectivity index (χ0n) is 20.6. The zero-order chi connectivity index (χ0) is 24.9. The Morgan fingerprint density at radius 2 is 1.86 bits per heavy atom. The van der Waals surface area contributed by atoms with Gasteiger partial charge >= 0.3 is 0 Å². The predicted octanol–water partition coefficient (Wildman–Crippen LogP) is 3.77. The number of carbonyl (C=O) groups is 1. The first-order valence-corrected chi connectivity index (χ1v) is 12.2. The van der Waals surface area contributed by atoms with E-state index in [9.17, 15) is 4.79 Å². The van der Waals surface area contributed by atoms with E-state index in [4.69, 9.17) is 9.26 Å². The average Bonchev–Trinajstić information content (AvgIpc) is 3.57. The highest BCUT2D eigenvalue weighted by atomic mass is 16.5. The quantitative estimate of drug-likeness (QED) is 0.405. The number of benzene rings is 2. The van der Waals surface area contributed by atoms with Gasteiger partial charge < -0.3 is 19.1 Å². The summed E-state index contributed by atoms with van der Waals surface area (Å²) in [6, 6.07) is 15.7. The van der Waals surface area contributed by atoms with Crippen LogP contribution in [0.5, 0.6) is 5.75 Å². The zero-order valence-corrected chi connectivity index (χ0v) is 20.6. The van der Waals surface area contributed by atoms with Crippen LogP contribution in [-0.4, -0.2) is 50.7 Å². The number of methoxy groups -OCH3 is 1. The third-order valence-corrected chi connectivity index (χ3v) is 6.64. The summed E-state index contributed by atoms with van der Waals surface area (Å²) in [7, 11) is 1.64. The van der Waals surface area contributed by atoms with Crippen molar-refractivity contribution in [3.05, 3.63) is 78.2 Å². The Morgan fingerprint density at radius 1 is 1.11 bits per heavy atom. The number of aromatic nitrogens is 4. The average molecular weight is 487 g/mol. The molecule has 0 aliphatic carbocycles. The molecule has 186 valence electrons. The van der Waals surface area contributed by atoms with Crippen molar-refractivity contribution < 1.29 is 14.1 Å². The second-order valence-corrected chi connectivity index (χ2v) is 9.02. The molecule has 0 atom stereocenters. The van der Waals surface area contributed by atoms with Crippen LogP contribution in [-0.2, 0) is 17.9 Å². The van der Waals surface area contributed by atoms with Gasteiger partial charge in [0.15, 0.2) is 0 Å². The fourth-order valence-corrected chi connectivity index (χ4v) is 4.48. The number of aryl methyl sites for hydroxylation is 1. The highest BCUT2D eigenvalue weighted by Crippen LogP contribution is 2.22. The van der Waals surface area contributed by atoms with Crippen LogP contribution in [0, 0.1) is 12.8 Å². The number of nitrogens with zero attached hydrogens (tertiary/aromatic N) is 5. The first-order chi connectivity index (χ1) is 17.6. The lowest BCUT2D eigenvalue weighted by Crippen LogP contribution is -2.40. The van der Waals surface area contributed by atoms with E-state index in [0.29, 0.717) is 24.8 Å². The third kappa shape index (κ3) is 5.46. The van der Waals surface area contributed by atoms with E-state index in [-0.39, 0.29) is 11.8 Å². The molecule has 1 aliphatic rings. The van der Waals surface area contributed by atoms with E-state index in [1.54, 1.807) is 13.3 Å². The van der Waals surface area contributed by atoms with Crippen molar-refractivity contribution in [3.8, 4) is 22.8 Å². The highest BCUT2D eigenvalue weighted by Gasteiger charge is 2.26. The normalized spacial score (nSPS) is 14.6. The van der Waals surface area contributed by atoms with Gasteiger partial charge in [0, 0.05) is 36.1 Å². The number of nitrogens with one attached hydrogen (secondary N) is 1. The van der Waals surface area contributed by atoms with E-state index in [1.807, 2.05) is 66.2 Å². The molecule has 3 heterocycles. The first-order valence-electron chi connectivity index (χ1n) is 12.2. The number of imidazole rings is 1. The molecule has 5 rings (SSSR count). The Morgan fingerprint density at radius 3 is 2.53 bits per heavy atom. The van der Waals surface area contributed by atoms with Gasteiger partial charge in [-0.2, -0.15) is 4.98 Å². The maximum atomic E-state index is 12.7. The molecule has 0 radical (unpaired) electrons. The molecule has 1 saturated heterocycles. The van der Waals surface area contributed by atoms with Crippen LogP contribution < -0.4 is 10.1 Å². The number of piperidine rings is 1. The summed E-state index contributed by atoms with van der Waals surface area (Å²) >= 11 is 0. The molecule has 0 spiro atoms. The molecule has 36 heavy (non-hydrogen) atoms. The van der Waals surface area contributed by atoms with Crippen molar-refractivity contribution in [2.75, 3.05) is 20.2 Å². The lowest BCUT2D eigenvalue weighted by molar-refractivity contribution is -0.126. The molecule has 1 fully saturated rings. The molecule has 9 heteroatoms. The van der Waals surface area contributed by atoms with Crippen LogP contribution in [0.4, 0.5) is 0 Å². The SMILES string of the molecule is COc1ccc(-c2noc(CN3CCC(C(=O)NCc4ccc(-n5ccnc5C)cc4)CC3)n2)cc1. The Hall–Kier alpha value is -3.98. The molecular formula is C27H30N6O3. The summed E-state index contributed by atoms with van der Waals surface area (Å²) in [5, 5.41) is 7.21. The Balaban J connectivity index is 1.07. The first kappa shape index (κ1) is 23.7. The summed E-state index contributed by atoms with van der Waals surface area (Å²) in [4.78, 5) is 23.8. The van der Waals surface area contributed by atoms with Gasteiger partial charge in [-0.25, -0.2) is 4.98 Å². The Labute approximate surface area is 210 Å². The van der Waals surface area contributed by atoms with Gasteiger partial charge in [-0.1, -0.05) is 17.3 Å². The third-order valence-electron chi connectivity index (χ3n) is 6.64. The van der Waals surface area contributed by atoms with Crippen LogP contribution >= 0.6 is 0 Å². The van der Waals surface area contributed by atoms with Gasteiger partial charge in [0.1, 0.15) is 11.6 Å². The van der Waals surface area contributed by atoms with E-state index < -0.39 is 0 Å². The molecule has 2 aromatic heterocycles. The number of hydrogen-bond acceptors (Lipinski definition) is 7. The molecule has 1 aliphatic heterocycles. The fourth-order valence-electron chi connectivity index (χ4n) is 4.48. The minimum absolute atomic E-state index is 0.0201. The summed E-state index contributed by atoms with van der Waals surface area (Å²) in [5.74, 6) is 3.01. The molecule has 0 bridgehead atoms. The van der Waals surface area contributed by atoms with Crippen LogP contribution in [0.25, 0.3) is 17.1 Å².